The van der Waals surface area contributed by atoms with E-state index in [-0.39, 0.29) is 6.04 Å². The number of hydrogen-bond donors (Lipinski definition) is 0. The van der Waals surface area contributed by atoms with Crippen LogP contribution >= 0.6 is 12.2 Å². The van der Waals surface area contributed by atoms with Crippen LogP contribution in [0.3, 0.4) is 0 Å². The van der Waals surface area contributed by atoms with Crippen molar-refractivity contribution in [3.8, 4) is 17.2 Å². The lowest BCUT2D eigenvalue weighted by molar-refractivity contribution is 0.290. The second kappa shape index (κ2) is 7.22. The molecule has 1 aliphatic rings. The summed E-state index contributed by atoms with van der Waals surface area (Å²) in [6.07, 6.45) is 0. The lowest BCUT2D eigenvalue weighted by Gasteiger charge is -2.28. The first-order chi connectivity index (χ1) is 14.2. The molecule has 5 nitrogen and oxygen atoms in total. The van der Waals surface area contributed by atoms with Gasteiger partial charge in [-0.2, -0.15) is 5.10 Å². The van der Waals surface area contributed by atoms with Crippen LogP contribution in [0.4, 0.5) is 0 Å². The molecule has 0 atom stereocenters. The zero-order valence-electron chi connectivity index (χ0n) is 15.9. The van der Waals surface area contributed by atoms with Crippen molar-refractivity contribution in [1.82, 2.24) is 14.3 Å². The molecular formula is C23H19N3O2S. The molecule has 0 radical (unpaired) electrons. The fourth-order valence-corrected chi connectivity index (χ4v) is 3.86. The highest BCUT2D eigenvalue weighted by Crippen LogP contribution is 2.44. The first-order valence-corrected chi connectivity index (χ1v) is 9.81. The molecule has 5 rings (SSSR count). The Balaban J connectivity index is 1.57. The topological polar surface area (TPSA) is 41.2 Å². The Labute approximate surface area is 173 Å². The van der Waals surface area contributed by atoms with Crippen molar-refractivity contribution in [2.45, 2.75) is 12.6 Å². The highest BCUT2D eigenvalue weighted by molar-refractivity contribution is 7.71. The summed E-state index contributed by atoms with van der Waals surface area (Å²) < 4.78 is 16.4. The number of rotatable bonds is 4. The van der Waals surface area contributed by atoms with Crippen molar-refractivity contribution >= 4 is 12.2 Å². The number of nitrogens with zero attached hydrogens (tertiary/aromatic N) is 3. The van der Waals surface area contributed by atoms with E-state index in [1.807, 2.05) is 83.0 Å². The van der Waals surface area contributed by atoms with Crippen molar-refractivity contribution in [2.24, 2.45) is 7.05 Å². The van der Waals surface area contributed by atoms with Gasteiger partial charge in [0.2, 0.25) is 0 Å². The highest BCUT2D eigenvalue weighted by atomic mass is 32.1. The Kier molecular flexibility index (Phi) is 4.41. The Morgan fingerprint density at radius 2 is 1.48 bits per heavy atom. The van der Waals surface area contributed by atoms with E-state index >= 15 is 0 Å². The summed E-state index contributed by atoms with van der Waals surface area (Å²) in [6, 6.07) is 25.6. The monoisotopic (exact) mass is 401 g/mol. The summed E-state index contributed by atoms with van der Waals surface area (Å²) in [5, 5.41) is 4.84. The van der Waals surface area contributed by atoms with E-state index in [9.17, 15) is 0 Å². The van der Waals surface area contributed by atoms with Crippen LogP contribution in [0.25, 0.3) is 0 Å². The quantitative estimate of drug-likeness (QED) is 0.385. The first-order valence-electron chi connectivity index (χ1n) is 9.40. The van der Waals surface area contributed by atoms with Gasteiger partial charge in [0.1, 0.15) is 29.9 Å². The highest BCUT2D eigenvalue weighted by Gasteiger charge is 2.30. The fourth-order valence-electron chi connectivity index (χ4n) is 3.61. The molecule has 1 aromatic heterocycles. The molecule has 29 heavy (non-hydrogen) atoms. The molecule has 0 aliphatic carbocycles. The molecule has 0 fully saturated rings. The smallest absolute Gasteiger partial charge is 0.198 e. The van der Waals surface area contributed by atoms with Gasteiger partial charge in [-0.1, -0.05) is 54.6 Å². The van der Waals surface area contributed by atoms with Gasteiger partial charge in [-0.3, -0.25) is 0 Å². The molecule has 0 N–H and O–H groups in total. The van der Waals surface area contributed by atoms with Gasteiger partial charge < -0.3 is 14.0 Å². The molecule has 0 saturated carbocycles. The van der Waals surface area contributed by atoms with E-state index in [0.29, 0.717) is 11.4 Å². The Morgan fingerprint density at radius 1 is 0.897 bits per heavy atom. The molecule has 0 bridgehead atoms. The predicted octanol–water partition coefficient (Wildman–Crippen LogP) is 5.27. The summed E-state index contributed by atoms with van der Waals surface area (Å²) in [7, 11) is 1.92. The maximum Gasteiger partial charge on any atom is 0.198 e. The SMILES string of the molecule is Cn1c(COc2ccccc2)nn(C2c3ccccc3Oc3ccccc32)c1=S. The van der Waals surface area contributed by atoms with Crippen molar-refractivity contribution in [3.63, 3.8) is 0 Å². The number of benzene rings is 3. The average molecular weight is 401 g/mol. The van der Waals surface area contributed by atoms with Crippen LogP contribution in [0.1, 0.15) is 23.0 Å². The van der Waals surface area contributed by atoms with Gasteiger partial charge in [-0.25, -0.2) is 4.68 Å². The Hall–Kier alpha value is -3.38. The third-order valence-corrected chi connectivity index (χ3v) is 5.56. The summed E-state index contributed by atoms with van der Waals surface area (Å²) >= 11 is 5.75. The van der Waals surface area contributed by atoms with Crippen molar-refractivity contribution in [1.29, 1.82) is 0 Å². The normalized spacial score (nSPS) is 12.7. The first kappa shape index (κ1) is 17.7. The fraction of sp³-hybridized carbons (Fsp3) is 0.130. The van der Waals surface area contributed by atoms with E-state index in [1.165, 1.54) is 0 Å². The predicted molar refractivity (Wildman–Crippen MR) is 113 cm³/mol. The molecule has 0 saturated heterocycles. The molecule has 0 amide bonds. The number of aromatic nitrogens is 3. The Morgan fingerprint density at radius 3 is 2.14 bits per heavy atom. The van der Waals surface area contributed by atoms with Crippen molar-refractivity contribution in [2.75, 3.05) is 0 Å². The lowest BCUT2D eigenvalue weighted by Crippen LogP contribution is -2.19. The van der Waals surface area contributed by atoms with Crippen LogP contribution in [-0.4, -0.2) is 14.3 Å². The molecule has 0 spiro atoms. The average Bonchev–Trinajstić information content (AvgIpc) is 3.05. The maximum absolute atomic E-state index is 6.10. The summed E-state index contributed by atoms with van der Waals surface area (Å²) in [4.78, 5) is 0. The van der Waals surface area contributed by atoms with Crippen molar-refractivity contribution in [3.05, 3.63) is 101 Å². The molecule has 3 aromatic carbocycles. The van der Waals surface area contributed by atoms with Crippen LogP contribution in [0, 0.1) is 4.77 Å². The molecule has 4 aromatic rings. The minimum Gasteiger partial charge on any atom is -0.486 e. The number of fused-ring (bicyclic) bond motifs is 2. The van der Waals surface area contributed by atoms with Crippen LogP contribution < -0.4 is 9.47 Å². The molecule has 2 heterocycles. The van der Waals surface area contributed by atoms with Crippen LogP contribution in [0.2, 0.25) is 0 Å². The lowest BCUT2D eigenvalue weighted by atomic mass is 9.95. The van der Waals surface area contributed by atoms with E-state index in [4.69, 9.17) is 26.8 Å². The second-order valence-electron chi connectivity index (χ2n) is 6.88. The van der Waals surface area contributed by atoms with Gasteiger partial charge in [0.25, 0.3) is 0 Å². The van der Waals surface area contributed by atoms with Gasteiger partial charge in [0.05, 0.1) is 0 Å². The van der Waals surface area contributed by atoms with E-state index in [0.717, 1.165) is 34.2 Å². The van der Waals surface area contributed by atoms with E-state index in [2.05, 4.69) is 12.1 Å². The van der Waals surface area contributed by atoms with E-state index < -0.39 is 0 Å². The summed E-state index contributed by atoms with van der Waals surface area (Å²) in [5.74, 6) is 3.21. The van der Waals surface area contributed by atoms with E-state index in [1.54, 1.807) is 0 Å². The number of hydrogen-bond acceptors (Lipinski definition) is 4. The molecule has 0 unspecified atom stereocenters. The molecular weight excluding hydrogens is 382 g/mol. The van der Waals surface area contributed by atoms with Gasteiger partial charge in [0, 0.05) is 18.2 Å². The largest absolute Gasteiger partial charge is 0.486 e. The summed E-state index contributed by atoms with van der Waals surface area (Å²) in [6.45, 7) is 0.337. The second-order valence-corrected chi connectivity index (χ2v) is 7.25. The van der Waals surface area contributed by atoms with Gasteiger partial charge in [0.15, 0.2) is 10.6 Å². The zero-order chi connectivity index (χ0) is 19.8. The van der Waals surface area contributed by atoms with Crippen LogP contribution in [-0.2, 0) is 13.7 Å². The third-order valence-electron chi connectivity index (χ3n) is 5.10. The van der Waals surface area contributed by atoms with Crippen LogP contribution in [0.5, 0.6) is 17.2 Å². The van der Waals surface area contributed by atoms with Gasteiger partial charge in [-0.05, 0) is 36.5 Å². The minimum atomic E-state index is -0.152. The van der Waals surface area contributed by atoms with Gasteiger partial charge in [-0.15, -0.1) is 0 Å². The van der Waals surface area contributed by atoms with Gasteiger partial charge >= 0.3 is 0 Å². The summed E-state index contributed by atoms with van der Waals surface area (Å²) in [5.41, 5.74) is 2.08. The van der Waals surface area contributed by atoms with Crippen LogP contribution in [0.15, 0.2) is 78.9 Å². The molecule has 6 heteroatoms. The Bertz CT molecular complexity index is 1180. The molecule has 144 valence electrons. The van der Waals surface area contributed by atoms with Crippen molar-refractivity contribution < 1.29 is 9.47 Å². The minimum absolute atomic E-state index is 0.152. The molecule has 1 aliphatic heterocycles. The third kappa shape index (κ3) is 3.11. The number of para-hydroxylation sites is 3. The number of ether oxygens (including phenoxy) is 2. The standard InChI is InChI=1S/C23H19N3O2S/c1-25-21(15-27-16-9-3-2-4-10-16)24-26(23(25)29)22-17-11-5-7-13-19(17)28-20-14-8-6-12-18(20)22/h2-14,22H,15H2,1H3. The maximum atomic E-state index is 6.10. The zero-order valence-corrected chi connectivity index (χ0v) is 16.7.